The van der Waals surface area contributed by atoms with Gasteiger partial charge in [-0.2, -0.15) is 15.2 Å². The number of amides is 4. The van der Waals surface area contributed by atoms with Crippen molar-refractivity contribution in [3.63, 3.8) is 0 Å². The number of hydrogen-bond acceptors (Lipinski definition) is 12. The van der Waals surface area contributed by atoms with Crippen LogP contribution in [-0.2, 0) is 24.6 Å². The van der Waals surface area contributed by atoms with Gasteiger partial charge in [-0.3, -0.25) is 29.5 Å². The first-order chi connectivity index (χ1) is 32.3. The Labute approximate surface area is 397 Å². The van der Waals surface area contributed by atoms with Gasteiger partial charge in [0.15, 0.2) is 11.5 Å². The minimum Gasteiger partial charge on any atom is -0.502 e. The zero-order chi connectivity index (χ0) is 47.3. The minimum atomic E-state index is -1.57. The van der Waals surface area contributed by atoms with E-state index in [-0.39, 0.29) is 46.7 Å². The van der Waals surface area contributed by atoms with Crippen LogP contribution in [0.4, 0.5) is 28.4 Å². The molecule has 0 bridgehead atoms. The fourth-order valence-corrected chi connectivity index (χ4v) is 10.6. The van der Waals surface area contributed by atoms with Crippen LogP contribution >= 0.6 is 23.2 Å². The highest BCUT2D eigenvalue weighted by atomic mass is 35.5. The molecule has 5 aromatic rings. The Kier molecular flexibility index (Phi) is 12.0. The SMILES string of the molecule is COc1ccc([C@@]23C(=O)N(Nc4ccc(Cl)cc4Cl)C(=O)[C@@H]2C[C@@H]2C(=CC[C@@H]4C(=O)N(c5ccc(N=Nc6ccc(N(C)C)cc6)cc5)C(=O)[C@@H]42)[C@@H]3C=Cc2cc(OC)c(O)c(OC)c2)cc1. The lowest BCUT2D eigenvalue weighted by molar-refractivity contribution is -0.139. The van der Waals surface area contributed by atoms with Crippen LogP contribution < -0.4 is 29.4 Å². The third-order valence-electron chi connectivity index (χ3n) is 13.4. The quantitative estimate of drug-likeness (QED) is 0.0700. The van der Waals surface area contributed by atoms with E-state index in [0.717, 1.165) is 16.3 Å². The number of imide groups is 2. The first-order valence-electron chi connectivity index (χ1n) is 21.5. The van der Waals surface area contributed by atoms with E-state index in [4.69, 9.17) is 37.4 Å². The molecule has 0 spiro atoms. The molecule has 5 aromatic carbocycles. The van der Waals surface area contributed by atoms with Crippen molar-refractivity contribution in [3.8, 4) is 23.0 Å². The molecule has 2 saturated heterocycles. The molecule has 6 atom stereocenters. The third kappa shape index (κ3) is 7.73. The van der Waals surface area contributed by atoms with Gasteiger partial charge >= 0.3 is 0 Å². The maximum atomic E-state index is 15.6. The minimum absolute atomic E-state index is 0.0725. The van der Waals surface area contributed by atoms with Crippen LogP contribution in [0.2, 0.25) is 10.0 Å². The molecule has 2 aliphatic carbocycles. The second kappa shape index (κ2) is 17.9. The van der Waals surface area contributed by atoms with Gasteiger partial charge in [0.05, 0.1) is 72.3 Å². The smallest absolute Gasteiger partial charge is 0.260 e. The van der Waals surface area contributed by atoms with Crippen molar-refractivity contribution < 1.29 is 38.5 Å². The van der Waals surface area contributed by atoms with E-state index >= 15 is 9.59 Å². The number of methoxy groups -OCH3 is 3. The number of carbonyl (C=O) groups excluding carboxylic acids is 4. The van der Waals surface area contributed by atoms with Crippen molar-refractivity contribution >= 4 is 81.3 Å². The van der Waals surface area contributed by atoms with Gasteiger partial charge in [-0.25, -0.2) is 0 Å². The number of hydrogen-bond donors (Lipinski definition) is 2. The van der Waals surface area contributed by atoms with Crippen molar-refractivity contribution in [3.05, 3.63) is 142 Å². The number of carbonyl (C=O) groups is 4. The molecule has 2 heterocycles. The molecule has 9 rings (SSSR count). The Bertz CT molecular complexity index is 2860. The molecule has 0 unspecified atom stereocenters. The van der Waals surface area contributed by atoms with Crippen LogP contribution in [0, 0.1) is 29.6 Å². The number of fused-ring (bicyclic) bond motifs is 4. The molecule has 1 saturated carbocycles. The van der Waals surface area contributed by atoms with Crippen molar-refractivity contribution in [2.45, 2.75) is 18.3 Å². The number of ether oxygens (including phenoxy) is 3. The summed E-state index contributed by atoms with van der Waals surface area (Å²) in [6, 6.07) is 29.4. The van der Waals surface area contributed by atoms with E-state index in [1.165, 1.54) is 32.3 Å². The topological polar surface area (TPSA) is 163 Å². The third-order valence-corrected chi connectivity index (χ3v) is 13.9. The summed E-state index contributed by atoms with van der Waals surface area (Å²) in [4.78, 5) is 63.3. The molecular weight excluding hydrogens is 896 g/mol. The lowest BCUT2D eigenvalue weighted by Crippen LogP contribution is -2.54. The number of halogens is 2. The van der Waals surface area contributed by atoms with Crippen molar-refractivity contribution in [1.29, 1.82) is 0 Å². The van der Waals surface area contributed by atoms with Crippen LogP contribution in [0.15, 0.2) is 131 Å². The number of allylic oxidation sites excluding steroid dienone is 3. The lowest BCUT2D eigenvalue weighted by Gasteiger charge is -2.49. The van der Waals surface area contributed by atoms with Gasteiger partial charge in [0.1, 0.15) is 5.75 Å². The first-order valence-corrected chi connectivity index (χ1v) is 22.3. The summed E-state index contributed by atoms with van der Waals surface area (Å²) in [5.74, 6) is -5.22. The number of nitrogens with one attached hydrogen (secondary N) is 1. The molecule has 16 heteroatoms. The van der Waals surface area contributed by atoms with Gasteiger partial charge in [-0.15, -0.1) is 0 Å². The summed E-state index contributed by atoms with van der Waals surface area (Å²) in [6.45, 7) is 0. The second-order valence-corrected chi connectivity index (χ2v) is 17.9. The van der Waals surface area contributed by atoms with Gasteiger partial charge in [0, 0.05) is 30.7 Å². The van der Waals surface area contributed by atoms with E-state index in [1.807, 2.05) is 55.4 Å². The molecule has 0 aromatic heterocycles. The zero-order valence-corrected chi connectivity index (χ0v) is 38.7. The molecule has 4 aliphatic rings. The number of azo groups is 1. The average molecular weight is 942 g/mol. The van der Waals surface area contributed by atoms with E-state index < -0.39 is 52.7 Å². The van der Waals surface area contributed by atoms with E-state index in [1.54, 1.807) is 78.9 Å². The van der Waals surface area contributed by atoms with Gasteiger partial charge in [0.25, 0.3) is 11.8 Å². The number of anilines is 3. The Morgan fingerprint density at radius 2 is 1.42 bits per heavy atom. The number of phenols is 1. The largest absolute Gasteiger partial charge is 0.502 e. The van der Waals surface area contributed by atoms with Gasteiger partial charge in [-0.1, -0.05) is 59.1 Å². The average Bonchev–Trinajstić information content (AvgIpc) is 3.72. The lowest BCUT2D eigenvalue weighted by atomic mass is 9.50. The Hall–Kier alpha value is -7.16. The summed E-state index contributed by atoms with van der Waals surface area (Å²) >= 11 is 12.8. The van der Waals surface area contributed by atoms with Crippen LogP contribution in [-0.4, -0.2) is 69.2 Å². The molecule has 67 heavy (non-hydrogen) atoms. The molecule has 0 radical (unpaired) electrons. The predicted molar refractivity (Wildman–Crippen MR) is 256 cm³/mol. The maximum absolute atomic E-state index is 15.6. The van der Waals surface area contributed by atoms with Gasteiger partial charge in [-0.05, 0) is 121 Å². The number of aromatic hydroxyl groups is 1. The fraction of sp³-hybridized carbons (Fsp3) is 0.255. The van der Waals surface area contributed by atoms with E-state index in [0.29, 0.717) is 39.0 Å². The van der Waals surface area contributed by atoms with Crippen LogP contribution in [0.5, 0.6) is 23.0 Å². The maximum Gasteiger partial charge on any atom is 0.260 e. The summed E-state index contributed by atoms with van der Waals surface area (Å²) < 4.78 is 16.4. The molecule has 2 N–H and O–H groups in total. The number of phenolic OH excluding ortho intramolecular Hbond substituents is 1. The highest BCUT2D eigenvalue weighted by Crippen LogP contribution is 2.62. The molecule has 2 aliphatic heterocycles. The number of nitrogens with zero attached hydrogens (tertiary/aromatic N) is 5. The highest BCUT2D eigenvalue weighted by Gasteiger charge is 2.69. The second-order valence-electron chi connectivity index (χ2n) is 17.0. The monoisotopic (exact) mass is 940 g/mol. The Morgan fingerprint density at radius 1 is 0.776 bits per heavy atom. The van der Waals surface area contributed by atoms with Crippen molar-refractivity contribution in [1.82, 2.24) is 5.01 Å². The van der Waals surface area contributed by atoms with Crippen LogP contribution in [0.3, 0.4) is 0 Å². The number of benzene rings is 5. The first kappa shape index (κ1) is 45.0. The number of rotatable bonds is 12. The predicted octanol–water partition coefficient (Wildman–Crippen LogP) is 9.94. The fourth-order valence-electron chi connectivity index (χ4n) is 10.2. The van der Waals surface area contributed by atoms with Crippen LogP contribution in [0.1, 0.15) is 24.0 Å². The summed E-state index contributed by atoms with van der Waals surface area (Å²) in [5.41, 5.74) is 6.18. The summed E-state index contributed by atoms with van der Waals surface area (Å²) in [6.07, 6.45) is 5.89. The molecule has 4 amide bonds. The summed E-state index contributed by atoms with van der Waals surface area (Å²) in [5, 5.41) is 21.0. The van der Waals surface area contributed by atoms with Crippen molar-refractivity contribution in [2.75, 3.05) is 50.7 Å². The molecule has 14 nitrogen and oxygen atoms in total. The molecule has 3 fully saturated rings. The Balaban J connectivity index is 1.13. The normalized spacial score (nSPS) is 23.3. The van der Waals surface area contributed by atoms with Crippen molar-refractivity contribution in [2.24, 2.45) is 39.8 Å². The highest BCUT2D eigenvalue weighted by molar-refractivity contribution is 6.36. The standard InChI is InChI=1S/C51H46Cl2N6O8/c1-57(2)33-14-10-31(11-15-33)54-55-32-12-16-34(17-13-32)58-47(61)37-21-20-36-38(45(37)49(58)63)27-40-48(62)59(56-42-23-9-30(52)26-41(42)53)50(64)51(40,29-7-18-35(65-3)19-8-29)39(36)22-6-28-24-43(66-4)46(60)44(25-28)67-5/h6-20,22-26,37-40,45,56,60H,21,27H2,1-5H3/t37-,38+,39-,40-,45-,51-/m0/s1. The van der Waals surface area contributed by atoms with Gasteiger partial charge in [0.2, 0.25) is 17.6 Å². The van der Waals surface area contributed by atoms with E-state index in [9.17, 15) is 14.7 Å². The van der Waals surface area contributed by atoms with Gasteiger partial charge < -0.3 is 24.2 Å². The molecule has 342 valence electrons. The number of hydrazine groups is 1. The molecular formula is C51H46Cl2N6O8. The zero-order valence-electron chi connectivity index (χ0n) is 37.1. The van der Waals surface area contributed by atoms with Crippen LogP contribution in [0.25, 0.3) is 6.08 Å². The Morgan fingerprint density at radius 3 is 2.01 bits per heavy atom. The van der Waals surface area contributed by atoms with E-state index in [2.05, 4.69) is 15.7 Å². The summed E-state index contributed by atoms with van der Waals surface area (Å²) in [7, 11) is 8.30.